The second-order valence-corrected chi connectivity index (χ2v) is 4.66. The molecule has 0 aromatic heterocycles. The zero-order chi connectivity index (χ0) is 13.7. The number of aliphatic carboxylic acids is 1. The number of amides is 1. The summed E-state index contributed by atoms with van der Waals surface area (Å²) in [5.41, 5.74) is 0.831. The van der Waals surface area contributed by atoms with Gasteiger partial charge >= 0.3 is 5.97 Å². The van der Waals surface area contributed by atoms with Gasteiger partial charge < -0.3 is 10.0 Å². The second kappa shape index (κ2) is 6.61. The normalized spacial score (nSPS) is 10.2. The number of benzene rings is 1. The summed E-state index contributed by atoms with van der Waals surface area (Å²) in [7, 11) is 0. The largest absolute Gasteiger partial charge is 0.480 e. The van der Waals surface area contributed by atoms with E-state index < -0.39 is 5.97 Å². The molecule has 98 valence electrons. The van der Waals surface area contributed by atoms with Crippen LogP contribution < -0.4 is 0 Å². The predicted octanol–water partition coefficient (Wildman–Crippen LogP) is 2.47. The van der Waals surface area contributed by atoms with E-state index in [1.807, 2.05) is 0 Å². The SMILES string of the molecule is CC(=O)N(CCc1ccc(Cl)cc1Cl)CC(=O)O. The zero-order valence-electron chi connectivity index (χ0n) is 9.82. The average molecular weight is 290 g/mol. The first kappa shape index (κ1) is 14.8. The number of carbonyl (C=O) groups is 2. The molecule has 0 spiro atoms. The summed E-state index contributed by atoms with van der Waals surface area (Å²) in [6.07, 6.45) is 0.489. The molecule has 0 unspecified atom stereocenters. The molecule has 1 N–H and O–H groups in total. The molecule has 4 nitrogen and oxygen atoms in total. The van der Waals surface area contributed by atoms with Gasteiger partial charge in [0.05, 0.1) is 0 Å². The highest BCUT2D eigenvalue weighted by Crippen LogP contribution is 2.21. The van der Waals surface area contributed by atoms with Crippen molar-refractivity contribution >= 4 is 35.1 Å². The minimum Gasteiger partial charge on any atom is -0.480 e. The van der Waals surface area contributed by atoms with E-state index in [2.05, 4.69) is 0 Å². The maximum atomic E-state index is 11.2. The van der Waals surface area contributed by atoms with Crippen molar-refractivity contribution in [2.45, 2.75) is 13.3 Å². The highest BCUT2D eigenvalue weighted by Gasteiger charge is 2.13. The van der Waals surface area contributed by atoms with Gasteiger partial charge in [-0.05, 0) is 24.1 Å². The Morgan fingerprint density at radius 2 is 2.00 bits per heavy atom. The number of rotatable bonds is 5. The Hall–Kier alpha value is -1.26. The highest BCUT2D eigenvalue weighted by atomic mass is 35.5. The van der Waals surface area contributed by atoms with E-state index >= 15 is 0 Å². The Kier molecular flexibility index (Phi) is 5.44. The predicted molar refractivity (Wildman–Crippen MR) is 70.1 cm³/mol. The van der Waals surface area contributed by atoms with Gasteiger partial charge in [0, 0.05) is 23.5 Å². The van der Waals surface area contributed by atoms with E-state index in [1.54, 1.807) is 18.2 Å². The van der Waals surface area contributed by atoms with Crippen LogP contribution in [0.25, 0.3) is 0 Å². The summed E-state index contributed by atoms with van der Waals surface area (Å²) >= 11 is 11.8. The van der Waals surface area contributed by atoms with E-state index in [0.29, 0.717) is 23.0 Å². The fourth-order valence-electron chi connectivity index (χ4n) is 1.49. The van der Waals surface area contributed by atoms with E-state index in [9.17, 15) is 9.59 Å². The molecule has 1 amide bonds. The van der Waals surface area contributed by atoms with E-state index in [-0.39, 0.29) is 12.5 Å². The summed E-state index contributed by atoms with van der Waals surface area (Å²) in [4.78, 5) is 23.1. The van der Waals surface area contributed by atoms with Crippen LogP contribution in [0.4, 0.5) is 0 Å². The van der Waals surface area contributed by atoms with Gasteiger partial charge in [0.1, 0.15) is 6.54 Å². The van der Waals surface area contributed by atoms with Crippen LogP contribution in [0.3, 0.4) is 0 Å². The molecule has 0 bridgehead atoms. The van der Waals surface area contributed by atoms with E-state index in [4.69, 9.17) is 28.3 Å². The summed E-state index contributed by atoms with van der Waals surface area (Å²) in [6.45, 7) is 1.34. The Morgan fingerprint density at radius 3 is 2.50 bits per heavy atom. The van der Waals surface area contributed by atoms with Crippen LogP contribution in [0.15, 0.2) is 18.2 Å². The molecule has 0 aliphatic heterocycles. The van der Waals surface area contributed by atoms with Crippen LogP contribution in [0.2, 0.25) is 10.0 Å². The van der Waals surface area contributed by atoms with Crippen LogP contribution in [0, 0.1) is 0 Å². The molecule has 0 saturated heterocycles. The van der Waals surface area contributed by atoms with Gasteiger partial charge in [0.25, 0.3) is 0 Å². The zero-order valence-corrected chi connectivity index (χ0v) is 11.3. The van der Waals surface area contributed by atoms with Crippen molar-refractivity contribution in [3.8, 4) is 0 Å². The molecule has 1 aromatic rings. The summed E-state index contributed by atoms with van der Waals surface area (Å²) in [5, 5.41) is 9.74. The number of halogens is 2. The molecule has 0 aliphatic carbocycles. The van der Waals surface area contributed by atoms with Crippen molar-refractivity contribution in [1.82, 2.24) is 4.90 Å². The average Bonchev–Trinajstić information content (AvgIpc) is 2.25. The lowest BCUT2D eigenvalue weighted by atomic mass is 10.1. The molecule has 1 aromatic carbocycles. The van der Waals surface area contributed by atoms with Crippen molar-refractivity contribution in [1.29, 1.82) is 0 Å². The van der Waals surface area contributed by atoms with E-state index in [0.717, 1.165) is 5.56 Å². The molecule has 0 fully saturated rings. The number of nitrogens with zero attached hydrogens (tertiary/aromatic N) is 1. The van der Waals surface area contributed by atoms with Gasteiger partial charge in [0.2, 0.25) is 5.91 Å². The minimum atomic E-state index is -1.03. The molecule has 1 rings (SSSR count). The van der Waals surface area contributed by atoms with Crippen LogP contribution in [0.1, 0.15) is 12.5 Å². The van der Waals surface area contributed by atoms with E-state index in [1.165, 1.54) is 11.8 Å². The van der Waals surface area contributed by atoms with Gasteiger partial charge in [-0.1, -0.05) is 29.3 Å². The number of hydrogen-bond acceptors (Lipinski definition) is 2. The molecule has 0 heterocycles. The fourth-order valence-corrected chi connectivity index (χ4v) is 1.99. The van der Waals surface area contributed by atoms with Crippen molar-refractivity contribution in [3.63, 3.8) is 0 Å². The first-order valence-corrected chi connectivity index (χ1v) is 6.07. The van der Waals surface area contributed by atoms with Gasteiger partial charge in [-0.3, -0.25) is 9.59 Å². The topological polar surface area (TPSA) is 57.6 Å². The maximum absolute atomic E-state index is 11.2. The molecule has 18 heavy (non-hydrogen) atoms. The Morgan fingerprint density at radius 1 is 1.33 bits per heavy atom. The number of carbonyl (C=O) groups excluding carboxylic acids is 1. The lowest BCUT2D eigenvalue weighted by Gasteiger charge is -2.18. The minimum absolute atomic E-state index is 0.275. The number of carboxylic acids is 1. The van der Waals surface area contributed by atoms with Crippen molar-refractivity contribution in [2.24, 2.45) is 0 Å². The van der Waals surface area contributed by atoms with Crippen LogP contribution in [-0.4, -0.2) is 35.0 Å². The lowest BCUT2D eigenvalue weighted by molar-refractivity contribution is -0.143. The van der Waals surface area contributed by atoms with Crippen LogP contribution in [-0.2, 0) is 16.0 Å². The fraction of sp³-hybridized carbons (Fsp3) is 0.333. The summed E-state index contributed by atoms with van der Waals surface area (Å²) in [6, 6.07) is 5.09. The first-order valence-electron chi connectivity index (χ1n) is 5.31. The Labute approximate surface area is 115 Å². The number of carboxylic acid groups (broad SMARTS) is 1. The molecule has 0 saturated carbocycles. The van der Waals surface area contributed by atoms with Crippen LogP contribution >= 0.6 is 23.2 Å². The Balaban J connectivity index is 2.66. The third-order valence-corrected chi connectivity index (χ3v) is 3.02. The standard InChI is InChI=1S/C12H13Cl2NO3/c1-8(16)15(7-12(17)18)5-4-9-2-3-10(13)6-11(9)14/h2-3,6H,4-5,7H2,1H3,(H,17,18). The van der Waals surface area contributed by atoms with Gasteiger partial charge in [-0.2, -0.15) is 0 Å². The van der Waals surface area contributed by atoms with Crippen molar-refractivity contribution in [2.75, 3.05) is 13.1 Å². The quantitative estimate of drug-likeness (QED) is 0.906. The van der Waals surface area contributed by atoms with Gasteiger partial charge in [-0.25, -0.2) is 0 Å². The molecule has 6 heteroatoms. The highest BCUT2D eigenvalue weighted by molar-refractivity contribution is 6.35. The third kappa shape index (κ3) is 4.55. The maximum Gasteiger partial charge on any atom is 0.323 e. The molecule has 0 radical (unpaired) electrons. The van der Waals surface area contributed by atoms with Gasteiger partial charge in [0.15, 0.2) is 0 Å². The second-order valence-electron chi connectivity index (χ2n) is 3.82. The summed E-state index contributed by atoms with van der Waals surface area (Å²) in [5.74, 6) is -1.31. The monoisotopic (exact) mass is 289 g/mol. The smallest absolute Gasteiger partial charge is 0.323 e. The van der Waals surface area contributed by atoms with Crippen molar-refractivity contribution in [3.05, 3.63) is 33.8 Å². The van der Waals surface area contributed by atoms with Crippen molar-refractivity contribution < 1.29 is 14.7 Å². The molecule has 0 atom stereocenters. The van der Waals surface area contributed by atoms with Crippen LogP contribution in [0.5, 0.6) is 0 Å². The molecule has 0 aliphatic rings. The summed E-state index contributed by atoms with van der Waals surface area (Å²) < 4.78 is 0. The van der Waals surface area contributed by atoms with Gasteiger partial charge in [-0.15, -0.1) is 0 Å². The molecular formula is C12H13Cl2NO3. The lowest BCUT2D eigenvalue weighted by Crippen LogP contribution is -2.35. The Bertz CT molecular complexity index is 463. The number of hydrogen-bond donors (Lipinski definition) is 1. The first-order chi connectivity index (χ1) is 8.40. The molecular weight excluding hydrogens is 277 g/mol. The third-order valence-electron chi connectivity index (χ3n) is 2.44.